The molecule has 0 bridgehead atoms. The van der Waals surface area contributed by atoms with Gasteiger partial charge < -0.3 is 11.1 Å². The quantitative estimate of drug-likeness (QED) is 0.633. The van der Waals surface area contributed by atoms with Crippen molar-refractivity contribution in [3.63, 3.8) is 0 Å². The third kappa shape index (κ3) is 3.62. The number of carbonyl (C=O) groups is 1. The van der Waals surface area contributed by atoms with Gasteiger partial charge in [0, 0.05) is 29.6 Å². The molecule has 1 atom stereocenters. The molecule has 21 heavy (non-hydrogen) atoms. The number of aromatic nitrogens is 2. The Bertz CT molecular complexity index is 606. The van der Waals surface area contributed by atoms with Crippen LogP contribution in [-0.4, -0.2) is 22.2 Å². The molecule has 0 aliphatic rings. The van der Waals surface area contributed by atoms with Gasteiger partial charge in [-0.3, -0.25) is 9.48 Å². The predicted octanol–water partition coefficient (Wildman–Crippen LogP) is 2.61. The molecule has 0 spiro atoms. The van der Waals surface area contributed by atoms with Crippen LogP contribution in [0.4, 0.5) is 5.69 Å². The van der Waals surface area contributed by atoms with Crippen molar-refractivity contribution in [2.75, 3.05) is 12.3 Å². The Morgan fingerprint density at radius 1 is 1.43 bits per heavy atom. The maximum Gasteiger partial charge on any atom is 0.244 e. The van der Waals surface area contributed by atoms with Gasteiger partial charge in [0.05, 0.1) is 6.20 Å². The third-order valence-electron chi connectivity index (χ3n) is 3.48. The van der Waals surface area contributed by atoms with E-state index in [9.17, 15) is 4.79 Å². The van der Waals surface area contributed by atoms with E-state index in [2.05, 4.69) is 17.3 Å². The summed E-state index contributed by atoms with van der Waals surface area (Å²) >= 11 is 0. The molecule has 5 nitrogen and oxygen atoms in total. The van der Waals surface area contributed by atoms with Gasteiger partial charge in [-0.25, -0.2) is 0 Å². The molecule has 1 aromatic heterocycles. The lowest BCUT2D eigenvalue weighted by molar-refractivity contribution is -0.124. The maximum atomic E-state index is 12.0. The summed E-state index contributed by atoms with van der Waals surface area (Å²) in [6, 6.07) is 7.30. The Morgan fingerprint density at radius 2 is 2.19 bits per heavy atom. The van der Waals surface area contributed by atoms with Gasteiger partial charge in [-0.05, 0) is 19.4 Å². The van der Waals surface area contributed by atoms with Gasteiger partial charge >= 0.3 is 0 Å². The van der Waals surface area contributed by atoms with E-state index in [0.29, 0.717) is 12.2 Å². The first-order chi connectivity index (χ1) is 10.1. The molecular weight excluding hydrogens is 264 g/mol. The van der Waals surface area contributed by atoms with Crippen LogP contribution in [0.3, 0.4) is 0 Å². The molecule has 3 N–H and O–H groups in total. The van der Waals surface area contributed by atoms with Crippen molar-refractivity contribution in [2.24, 2.45) is 0 Å². The number of unbranched alkanes of at least 4 members (excludes halogenated alkanes) is 1. The number of anilines is 1. The molecule has 5 heteroatoms. The first kappa shape index (κ1) is 15.1. The van der Waals surface area contributed by atoms with Crippen molar-refractivity contribution in [3.05, 3.63) is 36.7 Å². The molecule has 0 saturated carbocycles. The molecule has 0 saturated heterocycles. The van der Waals surface area contributed by atoms with Crippen LogP contribution in [0.2, 0.25) is 0 Å². The highest BCUT2D eigenvalue weighted by Crippen LogP contribution is 2.25. The van der Waals surface area contributed by atoms with Crippen LogP contribution >= 0.6 is 0 Å². The topological polar surface area (TPSA) is 72.9 Å². The number of rotatable bonds is 6. The molecule has 0 aliphatic heterocycles. The van der Waals surface area contributed by atoms with Gasteiger partial charge in [0.1, 0.15) is 6.04 Å². The summed E-state index contributed by atoms with van der Waals surface area (Å²) in [5.41, 5.74) is 8.52. The lowest BCUT2D eigenvalue weighted by atomic mass is 10.1. The van der Waals surface area contributed by atoms with E-state index >= 15 is 0 Å². The number of amides is 1. The van der Waals surface area contributed by atoms with Gasteiger partial charge in [-0.2, -0.15) is 5.10 Å². The van der Waals surface area contributed by atoms with Crippen LogP contribution < -0.4 is 11.1 Å². The zero-order valence-corrected chi connectivity index (χ0v) is 12.5. The fraction of sp³-hybridized carbons (Fsp3) is 0.375. The smallest absolute Gasteiger partial charge is 0.244 e. The van der Waals surface area contributed by atoms with Crippen molar-refractivity contribution >= 4 is 11.6 Å². The molecule has 112 valence electrons. The zero-order valence-electron chi connectivity index (χ0n) is 12.5. The Balaban J connectivity index is 2.09. The lowest BCUT2D eigenvalue weighted by Gasteiger charge is -2.12. The van der Waals surface area contributed by atoms with Gasteiger partial charge in [-0.1, -0.05) is 31.5 Å². The number of hydrogen-bond acceptors (Lipinski definition) is 3. The summed E-state index contributed by atoms with van der Waals surface area (Å²) in [4.78, 5) is 12.0. The SMILES string of the molecule is CCCCNC(=O)C(C)n1cc(-c2ccccc2N)cn1. The highest BCUT2D eigenvalue weighted by atomic mass is 16.2. The summed E-state index contributed by atoms with van der Waals surface area (Å²) in [6.07, 6.45) is 5.65. The lowest BCUT2D eigenvalue weighted by Crippen LogP contribution is -2.31. The van der Waals surface area contributed by atoms with E-state index < -0.39 is 0 Å². The zero-order chi connectivity index (χ0) is 15.2. The van der Waals surface area contributed by atoms with Crippen LogP contribution in [0.15, 0.2) is 36.7 Å². The average Bonchev–Trinajstić information content (AvgIpc) is 2.96. The first-order valence-corrected chi connectivity index (χ1v) is 7.30. The minimum absolute atomic E-state index is 0.0147. The molecule has 2 rings (SSSR count). The fourth-order valence-electron chi connectivity index (χ4n) is 2.11. The molecule has 2 aromatic rings. The van der Waals surface area contributed by atoms with Gasteiger partial charge in [-0.15, -0.1) is 0 Å². The molecular formula is C16H22N4O. The Kier molecular flexibility index (Phi) is 4.98. The van der Waals surface area contributed by atoms with Crippen molar-refractivity contribution in [1.82, 2.24) is 15.1 Å². The van der Waals surface area contributed by atoms with Crippen LogP contribution in [0, 0.1) is 0 Å². The highest BCUT2D eigenvalue weighted by molar-refractivity contribution is 5.80. The van der Waals surface area contributed by atoms with Crippen molar-refractivity contribution in [3.8, 4) is 11.1 Å². The third-order valence-corrected chi connectivity index (χ3v) is 3.48. The van der Waals surface area contributed by atoms with Crippen LogP contribution in [0.25, 0.3) is 11.1 Å². The number of carbonyl (C=O) groups excluding carboxylic acids is 1. The van der Waals surface area contributed by atoms with Gasteiger partial charge in [0.25, 0.3) is 0 Å². The highest BCUT2D eigenvalue weighted by Gasteiger charge is 2.16. The summed E-state index contributed by atoms with van der Waals surface area (Å²) in [5.74, 6) is -0.0147. The van der Waals surface area contributed by atoms with E-state index in [0.717, 1.165) is 24.0 Å². The number of benzene rings is 1. The maximum absolute atomic E-state index is 12.0. The minimum Gasteiger partial charge on any atom is -0.398 e. The van der Waals surface area contributed by atoms with E-state index in [1.54, 1.807) is 10.9 Å². The summed E-state index contributed by atoms with van der Waals surface area (Å²) in [6.45, 7) is 4.64. The second kappa shape index (κ2) is 6.92. The fourth-order valence-corrected chi connectivity index (χ4v) is 2.11. The summed E-state index contributed by atoms with van der Waals surface area (Å²) < 4.78 is 1.67. The largest absolute Gasteiger partial charge is 0.398 e. The van der Waals surface area contributed by atoms with E-state index in [-0.39, 0.29) is 11.9 Å². The first-order valence-electron chi connectivity index (χ1n) is 7.30. The number of nitrogens with one attached hydrogen (secondary N) is 1. The van der Waals surface area contributed by atoms with Crippen LogP contribution in [0.5, 0.6) is 0 Å². The summed E-state index contributed by atoms with van der Waals surface area (Å²) in [5, 5.41) is 7.20. The normalized spacial score (nSPS) is 12.1. The van der Waals surface area contributed by atoms with Crippen molar-refractivity contribution < 1.29 is 4.79 Å². The second-order valence-corrected chi connectivity index (χ2v) is 5.12. The number of hydrogen-bond donors (Lipinski definition) is 2. The molecule has 1 amide bonds. The number of para-hydroxylation sites is 1. The minimum atomic E-state index is -0.333. The van der Waals surface area contributed by atoms with E-state index in [1.165, 1.54) is 0 Å². The Morgan fingerprint density at radius 3 is 2.90 bits per heavy atom. The monoisotopic (exact) mass is 286 g/mol. The van der Waals surface area contributed by atoms with Crippen molar-refractivity contribution in [2.45, 2.75) is 32.7 Å². The molecule has 0 aliphatic carbocycles. The van der Waals surface area contributed by atoms with Crippen molar-refractivity contribution in [1.29, 1.82) is 0 Å². The van der Waals surface area contributed by atoms with E-state index in [4.69, 9.17) is 5.73 Å². The van der Waals surface area contributed by atoms with E-state index in [1.807, 2.05) is 37.4 Å². The number of nitrogen functional groups attached to an aromatic ring is 1. The van der Waals surface area contributed by atoms with Crippen LogP contribution in [-0.2, 0) is 4.79 Å². The van der Waals surface area contributed by atoms with Gasteiger partial charge in [0.2, 0.25) is 5.91 Å². The molecule has 1 aromatic carbocycles. The second-order valence-electron chi connectivity index (χ2n) is 5.12. The molecule has 0 radical (unpaired) electrons. The number of nitrogens with zero attached hydrogens (tertiary/aromatic N) is 2. The average molecular weight is 286 g/mol. The Hall–Kier alpha value is -2.30. The Labute approximate surface area is 125 Å². The predicted molar refractivity (Wildman–Crippen MR) is 84.7 cm³/mol. The number of nitrogens with two attached hydrogens (primary N) is 1. The standard InChI is InChI=1S/C16H22N4O/c1-3-4-9-18-16(21)12(2)20-11-13(10-19-20)14-7-5-6-8-15(14)17/h5-8,10-12H,3-4,9,17H2,1-2H3,(H,18,21). The molecule has 1 unspecified atom stereocenters. The molecule has 0 fully saturated rings. The van der Waals surface area contributed by atoms with Crippen LogP contribution in [0.1, 0.15) is 32.7 Å². The van der Waals surface area contributed by atoms with Gasteiger partial charge in [0.15, 0.2) is 0 Å². The molecule has 1 heterocycles. The summed E-state index contributed by atoms with van der Waals surface area (Å²) in [7, 11) is 0.